The van der Waals surface area contributed by atoms with E-state index in [9.17, 15) is 14.7 Å². The smallest absolute Gasteiger partial charge is 0.304 e. The summed E-state index contributed by atoms with van der Waals surface area (Å²) in [4.78, 5) is 25.2. The number of rotatable bonds is 3. The minimum atomic E-state index is -0.709. The van der Waals surface area contributed by atoms with Crippen LogP contribution in [0.2, 0.25) is 0 Å². The summed E-state index contributed by atoms with van der Waals surface area (Å²) in [5, 5.41) is 9.79. The zero-order valence-corrected chi connectivity index (χ0v) is 13.4. The Morgan fingerprint density at radius 3 is 2.29 bits per heavy atom. The summed E-state index contributed by atoms with van der Waals surface area (Å²) in [6, 6.07) is 17.2. The van der Waals surface area contributed by atoms with Crippen LogP contribution in [0.4, 0.5) is 0 Å². The van der Waals surface area contributed by atoms with Crippen molar-refractivity contribution < 1.29 is 19.4 Å². The molecule has 2 atom stereocenters. The number of nitrogens with zero attached hydrogens (tertiary/aromatic N) is 1. The van der Waals surface area contributed by atoms with Gasteiger partial charge in [-0.1, -0.05) is 42.5 Å². The van der Waals surface area contributed by atoms with Crippen molar-refractivity contribution >= 4 is 11.9 Å². The molecule has 0 aromatic heterocycles. The largest absolute Gasteiger partial charge is 0.442 e. The highest BCUT2D eigenvalue weighted by atomic mass is 16.6. The summed E-state index contributed by atoms with van der Waals surface area (Å²) < 4.78 is 5.14. The lowest BCUT2D eigenvalue weighted by Crippen LogP contribution is -2.38. The number of likely N-dealkylation sites (tertiary alicyclic amines) is 1. The van der Waals surface area contributed by atoms with Crippen LogP contribution in [0.3, 0.4) is 0 Å². The SMILES string of the molecule is CC(=O)O[C@H]1C[C@@H](O)CN1C(=O)c1ccc(-c2ccccc2)cc1. The molecule has 3 rings (SSSR count). The molecule has 0 bridgehead atoms. The molecule has 5 heteroatoms. The van der Waals surface area contributed by atoms with Crippen molar-refractivity contribution in [3.63, 3.8) is 0 Å². The van der Waals surface area contributed by atoms with Gasteiger partial charge in [-0.25, -0.2) is 0 Å². The van der Waals surface area contributed by atoms with Gasteiger partial charge in [0.2, 0.25) is 0 Å². The number of carbonyl (C=O) groups excluding carboxylic acids is 2. The Balaban J connectivity index is 1.78. The fourth-order valence-corrected chi connectivity index (χ4v) is 2.90. The summed E-state index contributed by atoms with van der Waals surface area (Å²) in [5.74, 6) is -0.719. The summed E-state index contributed by atoms with van der Waals surface area (Å²) in [6.45, 7) is 1.46. The summed E-state index contributed by atoms with van der Waals surface area (Å²) in [7, 11) is 0. The van der Waals surface area contributed by atoms with E-state index in [-0.39, 0.29) is 18.9 Å². The zero-order chi connectivity index (χ0) is 17.1. The summed E-state index contributed by atoms with van der Waals surface area (Å²) in [5.41, 5.74) is 2.59. The van der Waals surface area contributed by atoms with Crippen LogP contribution in [0.1, 0.15) is 23.7 Å². The van der Waals surface area contributed by atoms with Gasteiger partial charge in [0, 0.05) is 18.9 Å². The lowest BCUT2D eigenvalue weighted by atomic mass is 10.0. The molecule has 1 aliphatic rings. The van der Waals surface area contributed by atoms with E-state index in [0.717, 1.165) is 11.1 Å². The zero-order valence-electron chi connectivity index (χ0n) is 13.4. The quantitative estimate of drug-likeness (QED) is 0.880. The molecule has 0 spiro atoms. The number of aliphatic hydroxyl groups excluding tert-OH is 1. The standard InChI is InChI=1S/C19H19NO4/c1-13(21)24-18-11-17(22)12-20(18)19(23)16-9-7-15(8-10-16)14-5-3-2-4-6-14/h2-10,17-18,22H,11-12H2,1H3/t17-,18+/m1/s1. The molecule has 2 aromatic carbocycles. The molecule has 1 amide bonds. The van der Waals surface area contributed by atoms with Crippen molar-refractivity contribution in [2.75, 3.05) is 6.54 Å². The topological polar surface area (TPSA) is 66.8 Å². The van der Waals surface area contributed by atoms with E-state index >= 15 is 0 Å². The molecule has 0 radical (unpaired) electrons. The number of carbonyl (C=O) groups is 2. The second-order valence-corrected chi connectivity index (χ2v) is 5.85. The number of hydrogen-bond acceptors (Lipinski definition) is 4. The number of aliphatic hydroxyl groups is 1. The number of ether oxygens (including phenoxy) is 1. The molecule has 1 fully saturated rings. The Kier molecular flexibility index (Phi) is 4.62. The number of β-amino-alcohol motifs (C(OH)–C–C–N with tert-alkyl or cyclic N) is 1. The first kappa shape index (κ1) is 16.2. The molecule has 124 valence electrons. The van der Waals surface area contributed by atoms with Crippen LogP contribution in [0.25, 0.3) is 11.1 Å². The Bertz CT molecular complexity index is 727. The van der Waals surface area contributed by atoms with Crippen molar-refractivity contribution in [3.8, 4) is 11.1 Å². The third-order valence-corrected chi connectivity index (χ3v) is 4.03. The maximum absolute atomic E-state index is 12.7. The molecular formula is C19H19NO4. The average Bonchev–Trinajstić information content (AvgIpc) is 2.95. The highest BCUT2D eigenvalue weighted by Crippen LogP contribution is 2.24. The van der Waals surface area contributed by atoms with Gasteiger partial charge in [-0.2, -0.15) is 0 Å². The van der Waals surface area contributed by atoms with Gasteiger partial charge in [-0.3, -0.25) is 9.59 Å². The number of esters is 1. The first-order valence-corrected chi connectivity index (χ1v) is 7.86. The molecule has 1 heterocycles. The lowest BCUT2D eigenvalue weighted by Gasteiger charge is -2.23. The molecule has 0 unspecified atom stereocenters. The minimum absolute atomic E-state index is 0.164. The molecule has 1 aliphatic heterocycles. The normalized spacial score (nSPS) is 20.0. The first-order valence-electron chi connectivity index (χ1n) is 7.86. The maximum Gasteiger partial charge on any atom is 0.304 e. The molecule has 0 saturated carbocycles. The van der Waals surface area contributed by atoms with Gasteiger partial charge in [-0.15, -0.1) is 0 Å². The highest BCUT2D eigenvalue weighted by Gasteiger charge is 2.36. The number of benzene rings is 2. The minimum Gasteiger partial charge on any atom is -0.442 e. The lowest BCUT2D eigenvalue weighted by molar-refractivity contribution is -0.151. The van der Waals surface area contributed by atoms with Crippen LogP contribution in [0.15, 0.2) is 54.6 Å². The predicted molar refractivity (Wildman–Crippen MR) is 89.1 cm³/mol. The van der Waals surface area contributed by atoms with E-state index in [4.69, 9.17) is 4.74 Å². The summed E-state index contributed by atoms with van der Waals surface area (Å²) in [6.07, 6.45) is -1.14. The Hall–Kier alpha value is -2.66. The molecule has 24 heavy (non-hydrogen) atoms. The van der Waals surface area contributed by atoms with Crippen LogP contribution in [0.5, 0.6) is 0 Å². The predicted octanol–water partition coefficient (Wildman–Crippen LogP) is 2.45. The van der Waals surface area contributed by atoms with Crippen LogP contribution < -0.4 is 0 Å². The van der Waals surface area contributed by atoms with Crippen molar-refractivity contribution in [2.45, 2.75) is 25.7 Å². The van der Waals surface area contributed by atoms with Crippen LogP contribution in [-0.2, 0) is 9.53 Å². The van der Waals surface area contributed by atoms with Crippen LogP contribution in [0, 0.1) is 0 Å². The number of hydrogen-bond donors (Lipinski definition) is 1. The van der Waals surface area contributed by atoms with Crippen molar-refractivity contribution in [1.29, 1.82) is 0 Å². The van der Waals surface area contributed by atoms with Crippen LogP contribution in [-0.4, -0.2) is 40.8 Å². The second kappa shape index (κ2) is 6.84. The molecule has 1 N–H and O–H groups in total. The van der Waals surface area contributed by atoms with E-state index in [1.807, 2.05) is 42.5 Å². The van der Waals surface area contributed by atoms with E-state index in [2.05, 4.69) is 0 Å². The second-order valence-electron chi connectivity index (χ2n) is 5.85. The molecule has 2 aromatic rings. The van der Waals surface area contributed by atoms with Gasteiger partial charge in [-0.05, 0) is 23.3 Å². The van der Waals surface area contributed by atoms with Gasteiger partial charge in [0.1, 0.15) is 0 Å². The van der Waals surface area contributed by atoms with Gasteiger partial charge >= 0.3 is 5.97 Å². The van der Waals surface area contributed by atoms with E-state index < -0.39 is 18.3 Å². The Morgan fingerprint density at radius 1 is 1.04 bits per heavy atom. The van der Waals surface area contributed by atoms with E-state index in [1.165, 1.54) is 11.8 Å². The van der Waals surface area contributed by atoms with E-state index in [1.54, 1.807) is 12.1 Å². The maximum atomic E-state index is 12.7. The van der Waals surface area contributed by atoms with Crippen LogP contribution >= 0.6 is 0 Å². The first-order chi connectivity index (χ1) is 11.5. The average molecular weight is 325 g/mol. The molecular weight excluding hydrogens is 306 g/mol. The molecule has 0 aliphatic carbocycles. The Labute approximate surface area is 140 Å². The third-order valence-electron chi connectivity index (χ3n) is 4.03. The fourth-order valence-electron chi connectivity index (χ4n) is 2.90. The van der Waals surface area contributed by atoms with Crippen molar-refractivity contribution in [2.24, 2.45) is 0 Å². The van der Waals surface area contributed by atoms with Crippen molar-refractivity contribution in [3.05, 3.63) is 60.2 Å². The number of amides is 1. The molecule has 1 saturated heterocycles. The fraction of sp³-hybridized carbons (Fsp3) is 0.263. The van der Waals surface area contributed by atoms with Crippen molar-refractivity contribution in [1.82, 2.24) is 4.90 Å². The third kappa shape index (κ3) is 3.46. The highest BCUT2D eigenvalue weighted by molar-refractivity contribution is 5.95. The van der Waals surface area contributed by atoms with Gasteiger partial charge in [0.05, 0.1) is 12.6 Å². The molecule has 5 nitrogen and oxygen atoms in total. The Morgan fingerprint density at radius 2 is 1.67 bits per heavy atom. The van der Waals surface area contributed by atoms with Gasteiger partial charge < -0.3 is 14.7 Å². The summed E-state index contributed by atoms with van der Waals surface area (Å²) >= 11 is 0. The van der Waals surface area contributed by atoms with Gasteiger partial charge in [0.25, 0.3) is 5.91 Å². The monoisotopic (exact) mass is 325 g/mol. The van der Waals surface area contributed by atoms with E-state index in [0.29, 0.717) is 5.56 Å². The van der Waals surface area contributed by atoms with Gasteiger partial charge in [0.15, 0.2) is 6.23 Å².